The van der Waals surface area contributed by atoms with Gasteiger partial charge in [0.05, 0.1) is 9.85 Å². The number of rotatable bonds is 5. The van der Waals surface area contributed by atoms with Crippen molar-refractivity contribution in [2.75, 3.05) is 59.3 Å². The molecule has 2 aliphatic heterocycles. The number of nitrogens with zero attached hydrogens (tertiary/aromatic N) is 5. The molecule has 2 fully saturated rings. The molecule has 0 amide bonds. The Bertz CT molecular complexity index is 996. The predicted molar refractivity (Wildman–Crippen MR) is 154 cm³/mol. The van der Waals surface area contributed by atoms with E-state index in [1.807, 2.05) is 12.1 Å². The van der Waals surface area contributed by atoms with Gasteiger partial charge in [-0.05, 0) is 104 Å². The highest BCUT2D eigenvalue weighted by Gasteiger charge is 2.19. The minimum Gasteiger partial charge on any atom is -0.371 e. The summed E-state index contributed by atoms with van der Waals surface area (Å²) in [5.74, 6) is -0.467. The molecule has 10 nitrogen and oxygen atoms in total. The third-order valence-electron chi connectivity index (χ3n) is 7.17. The minimum absolute atomic E-state index is 0.0959. The van der Waals surface area contributed by atoms with Crippen molar-refractivity contribution >= 4 is 17.1 Å². The van der Waals surface area contributed by atoms with Crippen molar-refractivity contribution in [1.29, 1.82) is 0 Å². The third kappa shape index (κ3) is 11.6. The van der Waals surface area contributed by atoms with Crippen molar-refractivity contribution in [3.8, 4) is 0 Å². The van der Waals surface area contributed by atoms with Crippen LogP contribution >= 0.6 is 0 Å². The van der Waals surface area contributed by atoms with E-state index in [9.17, 15) is 24.6 Å². The normalized spacial score (nSPS) is 19.6. The number of anilines is 1. The van der Waals surface area contributed by atoms with Gasteiger partial charge in [0.15, 0.2) is 0 Å². The second-order valence-corrected chi connectivity index (χ2v) is 10.3. The lowest BCUT2D eigenvalue weighted by Crippen LogP contribution is -2.30. The predicted octanol–water partition coefficient (Wildman–Crippen LogP) is 4.94. The summed E-state index contributed by atoms with van der Waals surface area (Å²) in [5, 5.41) is 24.0. The summed E-state index contributed by atoms with van der Waals surface area (Å²) in [6.45, 7) is 4.45. The number of hydrogen-bond acceptors (Lipinski definition) is 8. The standard InChI is InChI=1S/C14H21N3O2.C8H18N2.C6H4FNO2/c1-15(2)12-4-3-10-16(11-9-12)13-5-7-14(8-6-13)17(18)19;1-10(2)8-4-3-6-9-7-5-8;7-5-1-3-6(4-2-5)8(9)10/h5-8,12H,3-4,9-11H2,1-2H3;8-9H,3-7H2,1-2H3;1-4H. The van der Waals surface area contributed by atoms with Gasteiger partial charge in [-0.15, -0.1) is 0 Å². The van der Waals surface area contributed by atoms with E-state index < -0.39 is 10.7 Å². The van der Waals surface area contributed by atoms with E-state index in [2.05, 4.69) is 48.2 Å². The van der Waals surface area contributed by atoms with Crippen LogP contribution in [0, 0.1) is 26.0 Å². The van der Waals surface area contributed by atoms with Crippen molar-refractivity contribution in [1.82, 2.24) is 15.1 Å². The Morgan fingerprint density at radius 3 is 1.79 bits per heavy atom. The van der Waals surface area contributed by atoms with E-state index in [0.29, 0.717) is 6.04 Å². The average Bonchev–Trinajstić information content (AvgIpc) is 3.34. The molecule has 0 radical (unpaired) electrons. The molecule has 0 spiro atoms. The number of hydrogen-bond donors (Lipinski definition) is 1. The van der Waals surface area contributed by atoms with Crippen LogP contribution in [0.15, 0.2) is 48.5 Å². The molecular formula is C28H43FN6O4. The van der Waals surface area contributed by atoms with E-state index in [0.717, 1.165) is 55.5 Å². The molecule has 0 aliphatic carbocycles. The van der Waals surface area contributed by atoms with Gasteiger partial charge in [-0.3, -0.25) is 20.2 Å². The number of halogens is 1. The smallest absolute Gasteiger partial charge is 0.269 e. The molecular weight excluding hydrogens is 503 g/mol. The molecule has 2 heterocycles. The lowest BCUT2D eigenvalue weighted by atomic mass is 10.1. The molecule has 2 atom stereocenters. The first-order valence-electron chi connectivity index (χ1n) is 13.5. The van der Waals surface area contributed by atoms with Crippen LogP contribution in [0.3, 0.4) is 0 Å². The van der Waals surface area contributed by atoms with Gasteiger partial charge in [-0.25, -0.2) is 4.39 Å². The first kappa shape index (κ1) is 32.1. The molecule has 0 aromatic heterocycles. The van der Waals surface area contributed by atoms with Gasteiger partial charge in [0, 0.05) is 55.1 Å². The average molecular weight is 547 g/mol. The largest absolute Gasteiger partial charge is 0.371 e. The summed E-state index contributed by atoms with van der Waals surface area (Å²) in [5.41, 5.74) is 1.15. The summed E-state index contributed by atoms with van der Waals surface area (Å²) >= 11 is 0. The van der Waals surface area contributed by atoms with Gasteiger partial charge in [0.2, 0.25) is 0 Å². The molecule has 2 aromatic carbocycles. The number of non-ortho nitro benzene ring substituents is 2. The summed E-state index contributed by atoms with van der Waals surface area (Å²) in [6, 6.07) is 12.7. The SMILES string of the molecule is CN(C)C1CCCN(c2ccc([N+](=O)[O-])cc2)CC1.CN(C)C1CCCNCC1.O=[N+]([O-])c1ccc(F)cc1. The van der Waals surface area contributed by atoms with Crippen molar-refractivity contribution in [3.05, 3.63) is 74.6 Å². The second-order valence-electron chi connectivity index (χ2n) is 10.3. The molecule has 2 aromatic rings. The Morgan fingerprint density at radius 2 is 1.26 bits per heavy atom. The Labute approximate surface area is 231 Å². The van der Waals surface area contributed by atoms with Gasteiger partial charge < -0.3 is 20.0 Å². The summed E-state index contributed by atoms with van der Waals surface area (Å²) < 4.78 is 12.1. The topological polar surface area (TPSA) is 108 Å². The van der Waals surface area contributed by atoms with Gasteiger partial charge in [-0.2, -0.15) is 0 Å². The molecule has 0 saturated carbocycles. The molecule has 2 unspecified atom stereocenters. The van der Waals surface area contributed by atoms with Crippen LogP contribution in [-0.4, -0.2) is 86.1 Å². The van der Waals surface area contributed by atoms with Crippen LogP contribution in [0.4, 0.5) is 21.5 Å². The van der Waals surface area contributed by atoms with E-state index in [1.165, 1.54) is 45.2 Å². The van der Waals surface area contributed by atoms with Gasteiger partial charge in [-0.1, -0.05) is 0 Å². The van der Waals surface area contributed by atoms with E-state index in [-0.39, 0.29) is 16.3 Å². The number of nitro groups is 2. The molecule has 1 N–H and O–H groups in total. The van der Waals surface area contributed by atoms with Crippen LogP contribution in [-0.2, 0) is 0 Å². The molecule has 4 rings (SSSR count). The number of nitro benzene ring substituents is 2. The van der Waals surface area contributed by atoms with Crippen LogP contribution in [0.5, 0.6) is 0 Å². The Hall–Kier alpha value is -3.15. The third-order valence-corrected chi connectivity index (χ3v) is 7.17. The van der Waals surface area contributed by atoms with Gasteiger partial charge in [0.1, 0.15) is 5.82 Å². The van der Waals surface area contributed by atoms with Crippen LogP contribution in [0.25, 0.3) is 0 Å². The van der Waals surface area contributed by atoms with E-state index >= 15 is 0 Å². The lowest BCUT2D eigenvalue weighted by Gasteiger charge is -2.24. The fourth-order valence-corrected chi connectivity index (χ4v) is 4.72. The summed E-state index contributed by atoms with van der Waals surface area (Å²) in [6.07, 6.45) is 7.54. The van der Waals surface area contributed by atoms with Crippen molar-refractivity contribution in [3.63, 3.8) is 0 Å². The van der Waals surface area contributed by atoms with Crippen LogP contribution in [0.2, 0.25) is 0 Å². The second kappa shape index (κ2) is 16.7. The van der Waals surface area contributed by atoms with Crippen molar-refractivity contribution < 1.29 is 14.2 Å². The quantitative estimate of drug-likeness (QED) is 0.415. The zero-order chi connectivity index (χ0) is 28.8. The highest BCUT2D eigenvalue weighted by atomic mass is 19.1. The molecule has 0 bridgehead atoms. The minimum atomic E-state index is -0.570. The van der Waals surface area contributed by atoms with E-state index in [4.69, 9.17) is 0 Å². The van der Waals surface area contributed by atoms with Gasteiger partial charge in [0.25, 0.3) is 11.4 Å². The maximum Gasteiger partial charge on any atom is 0.269 e. The maximum absolute atomic E-state index is 12.1. The molecule has 2 aliphatic rings. The Morgan fingerprint density at radius 1 is 0.744 bits per heavy atom. The highest BCUT2D eigenvalue weighted by Crippen LogP contribution is 2.23. The molecule has 39 heavy (non-hydrogen) atoms. The zero-order valence-corrected chi connectivity index (χ0v) is 23.6. The first-order valence-corrected chi connectivity index (χ1v) is 13.5. The number of benzene rings is 2. The maximum atomic E-state index is 12.1. The van der Waals surface area contributed by atoms with Crippen LogP contribution < -0.4 is 10.2 Å². The fraction of sp³-hybridized carbons (Fsp3) is 0.571. The molecule has 2 saturated heterocycles. The molecule has 216 valence electrons. The monoisotopic (exact) mass is 546 g/mol. The Balaban J connectivity index is 0.000000225. The van der Waals surface area contributed by atoms with Crippen molar-refractivity contribution in [2.24, 2.45) is 0 Å². The highest BCUT2D eigenvalue weighted by molar-refractivity contribution is 5.51. The molecule has 11 heteroatoms. The summed E-state index contributed by atoms with van der Waals surface area (Å²) in [4.78, 5) is 26.7. The lowest BCUT2D eigenvalue weighted by molar-refractivity contribution is -0.385. The first-order chi connectivity index (χ1) is 18.6. The number of nitrogens with one attached hydrogen (secondary N) is 1. The van der Waals surface area contributed by atoms with Crippen molar-refractivity contribution in [2.45, 2.75) is 50.6 Å². The van der Waals surface area contributed by atoms with E-state index in [1.54, 1.807) is 12.1 Å². The van der Waals surface area contributed by atoms with Gasteiger partial charge >= 0.3 is 0 Å². The van der Waals surface area contributed by atoms with Crippen LogP contribution in [0.1, 0.15) is 38.5 Å². The summed E-state index contributed by atoms with van der Waals surface area (Å²) in [7, 11) is 8.62. The fourth-order valence-electron chi connectivity index (χ4n) is 4.72. The zero-order valence-electron chi connectivity index (χ0n) is 23.6. The Kier molecular flexibility index (Phi) is 13.8.